The third-order valence-corrected chi connectivity index (χ3v) is 5.66. The van der Waals surface area contributed by atoms with Crippen LogP contribution in [0.5, 0.6) is 0 Å². The van der Waals surface area contributed by atoms with Crippen molar-refractivity contribution in [2.75, 3.05) is 11.1 Å². The van der Waals surface area contributed by atoms with Crippen LogP contribution >= 0.6 is 0 Å². The second kappa shape index (κ2) is 9.34. The summed E-state index contributed by atoms with van der Waals surface area (Å²) in [4.78, 5) is 29.8. The van der Waals surface area contributed by atoms with Gasteiger partial charge in [-0.25, -0.2) is 24.3 Å². The summed E-state index contributed by atoms with van der Waals surface area (Å²) in [7, 11) is 0. The van der Waals surface area contributed by atoms with Crippen LogP contribution < -0.4 is 16.5 Å². The van der Waals surface area contributed by atoms with Crippen LogP contribution in [0.1, 0.15) is 29.9 Å². The number of nitrogens with two attached hydrogens (primary N) is 1. The van der Waals surface area contributed by atoms with Crippen molar-refractivity contribution in [3.05, 3.63) is 107 Å². The van der Waals surface area contributed by atoms with Crippen molar-refractivity contribution in [2.45, 2.75) is 13.0 Å². The summed E-state index contributed by atoms with van der Waals surface area (Å²) in [6.45, 7) is 1.77. The van der Waals surface area contributed by atoms with Crippen molar-refractivity contribution in [2.24, 2.45) is 0 Å². The molecule has 9 nitrogen and oxygen atoms in total. The molecule has 4 N–H and O–H groups in total. The van der Waals surface area contributed by atoms with Crippen molar-refractivity contribution in [1.82, 2.24) is 19.9 Å². The maximum absolute atomic E-state index is 14.1. The number of aromatic nitrogens is 4. The molecule has 10 heteroatoms. The first-order chi connectivity index (χ1) is 17.4. The predicted octanol–water partition coefficient (Wildman–Crippen LogP) is 4.35. The number of halogens is 1. The number of rotatable bonds is 6. The predicted molar refractivity (Wildman–Crippen MR) is 134 cm³/mol. The van der Waals surface area contributed by atoms with E-state index < -0.39 is 11.9 Å². The maximum Gasteiger partial charge on any atom is 0.200 e. The van der Waals surface area contributed by atoms with Gasteiger partial charge in [-0.05, 0) is 36.8 Å². The molecule has 0 saturated heterocycles. The van der Waals surface area contributed by atoms with E-state index in [0.717, 1.165) is 0 Å². The van der Waals surface area contributed by atoms with Gasteiger partial charge in [-0.1, -0.05) is 24.3 Å². The standard InChI is InChI=1S/C26H20FN7O2/c1-14(34-26-21(25(29)32-13-33-26)22(28)16-10-30-12-31-11-16)24-20(15-5-4-6-17(27)9-15)23(35)18-7-2-3-8-19(18)36-24/h2-14,28H,1H3,(H3,29,32,33,34). The Hall–Kier alpha value is -4.99. The molecule has 3 heterocycles. The number of nitrogens with one attached hydrogen (secondary N) is 2. The normalized spacial score (nSPS) is 11.8. The molecule has 0 radical (unpaired) electrons. The summed E-state index contributed by atoms with van der Waals surface area (Å²) >= 11 is 0. The molecular formula is C26H20FN7O2. The van der Waals surface area contributed by atoms with Gasteiger partial charge in [-0.15, -0.1) is 0 Å². The van der Waals surface area contributed by atoms with E-state index in [-0.39, 0.29) is 39.7 Å². The highest BCUT2D eigenvalue weighted by Crippen LogP contribution is 2.32. The number of benzene rings is 2. The smallest absolute Gasteiger partial charge is 0.200 e. The van der Waals surface area contributed by atoms with E-state index in [2.05, 4.69) is 25.3 Å². The van der Waals surface area contributed by atoms with Gasteiger partial charge < -0.3 is 15.5 Å². The van der Waals surface area contributed by atoms with Crippen LogP contribution in [-0.4, -0.2) is 25.6 Å². The average molecular weight is 481 g/mol. The van der Waals surface area contributed by atoms with Crippen LogP contribution in [0.25, 0.3) is 22.1 Å². The first-order valence-corrected chi connectivity index (χ1v) is 11.0. The van der Waals surface area contributed by atoms with Crippen molar-refractivity contribution in [3.8, 4) is 11.1 Å². The summed E-state index contributed by atoms with van der Waals surface area (Å²) < 4.78 is 20.3. The molecule has 3 aromatic heterocycles. The van der Waals surface area contributed by atoms with Crippen molar-refractivity contribution >= 4 is 28.3 Å². The molecule has 0 fully saturated rings. The minimum absolute atomic E-state index is 0.0220. The van der Waals surface area contributed by atoms with Gasteiger partial charge in [0.05, 0.1) is 28.3 Å². The average Bonchev–Trinajstić information content (AvgIpc) is 2.89. The van der Waals surface area contributed by atoms with E-state index in [9.17, 15) is 9.18 Å². The van der Waals surface area contributed by atoms with Crippen molar-refractivity contribution < 1.29 is 8.81 Å². The van der Waals surface area contributed by atoms with Crippen LogP contribution in [0.4, 0.5) is 16.0 Å². The lowest BCUT2D eigenvalue weighted by atomic mass is 9.98. The molecule has 0 bridgehead atoms. The largest absolute Gasteiger partial charge is 0.458 e. The number of nitrogens with zero attached hydrogens (tertiary/aromatic N) is 4. The lowest BCUT2D eigenvalue weighted by Crippen LogP contribution is -2.19. The van der Waals surface area contributed by atoms with E-state index in [4.69, 9.17) is 15.6 Å². The molecule has 0 aliphatic heterocycles. The highest BCUT2D eigenvalue weighted by molar-refractivity contribution is 6.15. The topological polar surface area (TPSA) is 144 Å². The Morgan fingerprint density at radius 1 is 1.08 bits per heavy atom. The number of anilines is 2. The summed E-state index contributed by atoms with van der Waals surface area (Å²) in [6, 6.07) is 12.0. The van der Waals surface area contributed by atoms with Gasteiger partial charge in [0.1, 0.15) is 41.5 Å². The quantitative estimate of drug-likeness (QED) is 0.304. The number of hydrogen-bond donors (Lipinski definition) is 3. The van der Waals surface area contributed by atoms with E-state index in [1.807, 2.05) is 0 Å². The van der Waals surface area contributed by atoms with Gasteiger partial charge in [-0.2, -0.15) is 0 Å². The van der Waals surface area contributed by atoms with Gasteiger partial charge in [0.15, 0.2) is 0 Å². The van der Waals surface area contributed by atoms with Crippen LogP contribution in [0.15, 0.2) is 82.8 Å². The number of nitrogen functional groups attached to an aromatic ring is 1. The van der Waals surface area contributed by atoms with Crippen LogP contribution in [0, 0.1) is 11.2 Å². The first kappa shape index (κ1) is 22.8. The van der Waals surface area contributed by atoms with E-state index in [1.54, 1.807) is 37.3 Å². The third-order valence-electron chi connectivity index (χ3n) is 5.66. The fraction of sp³-hybridized carbons (Fsp3) is 0.0769. The molecule has 0 aliphatic carbocycles. The Balaban J connectivity index is 1.64. The second-order valence-corrected chi connectivity index (χ2v) is 8.03. The van der Waals surface area contributed by atoms with Crippen molar-refractivity contribution in [3.63, 3.8) is 0 Å². The maximum atomic E-state index is 14.1. The number of hydrogen-bond acceptors (Lipinski definition) is 9. The van der Waals surface area contributed by atoms with Gasteiger partial charge >= 0.3 is 0 Å². The summed E-state index contributed by atoms with van der Waals surface area (Å²) in [5, 5.41) is 12.2. The van der Waals surface area contributed by atoms with E-state index in [1.165, 1.54) is 43.2 Å². The molecule has 1 atom stereocenters. The minimum Gasteiger partial charge on any atom is -0.458 e. The summed E-state index contributed by atoms with van der Waals surface area (Å²) in [5.41, 5.74) is 7.52. The molecule has 0 aliphatic rings. The first-order valence-electron chi connectivity index (χ1n) is 11.0. The van der Waals surface area contributed by atoms with Gasteiger partial charge in [0.2, 0.25) is 5.43 Å². The molecule has 178 valence electrons. The zero-order chi connectivity index (χ0) is 25.2. The molecule has 5 rings (SSSR count). The van der Waals surface area contributed by atoms with E-state index >= 15 is 0 Å². The molecule has 1 unspecified atom stereocenters. The van der Waals surface area contributed by atoms with Crippen LogP contribution in [0.3, 0.4) is 0 Å². The molecule has 5 aromatic rings. The zero-order valence-corrected chi connectivity index (χ0v) is 19.1. The van der Waals surface area contributed by atoms with Crippen LogP contribution in [-0.2, 0) is 0 Å². The fourth-order valence-corrected chi connectivity index (χ4v) is 3.98. The number of fused-ring (bicyclic) bond motifs is 1. The minimum atomic E-state index is -0.631. The molecule has 0 amide bonds. The van der Waals surface area contributed by atoms with Crippen molar-refractivity contribution in [1.29, 1.82) is 5.41 Å². The van der Waals surface area contributed by atoms with Gasteiger partial charge in [0.25, 0.3) is 0 Å². The summed E-state index contributed by atoms with van der Waals surface area (Å²) in [6.07, 6.45) is 5.60. The molecule has 2 aromatic carbocycles. The van der Waals surface area contributed by atoms with Gasteiger partial charge in [-0.3, -0.25) is 10.2 Å². The monoisotopic (exact) mass is 481 g/mol. The Bertz CT molecular complexity index is 1650. The number of para-hydroxylation sites is 1. The molecule has 0 spiro atoms. The van der Waals surface area contributed by atoms with Crippen LogP contribution in [0.2, 0.25) is 0 Å². The fourth-order valence-electron chi connectivity index (χ4n) is 3.98. The lowest BCUT2D eigenvalue weighted by molar-refractivity contribution is 0.515. The lowest BCUT2D eigenvalue weighted by Gasteiger charge is -2.20. The molecule has 0 saturated carbocycles. The highest BCUT2D eigenvalue weighted by Gasteiger charge is 2.24. The van der Waals surface area contributed by atoms with E-state index in [0.29, 0.717) is 22.1 Å². The third kappa shape index (κ3) is 4.16. The summed E-state index contributed by atoms with van der Waals surface area (Å²) in [5.74, 6) is 0.141. The molecular weight excluding hydrogens is 461 g/mol. The Morgan fingerprint density at radius 3 is 2.64 bits per heavy atom. The Labute approximate surface area is 204 Å². The Morgan fingerprint density at radius 2 is 1.86 bits per heavy atom. The second-order valence-electron chi connectivity index (χ2n) is 8.03. The highest BCUT2D eigenvalue weighted by atomic mass is 19.1. The molecule has 36 heavy (non-hydrogen) atoms. The van der Waals surface area contributed by atoms with Gasteiger partial charge in [0, 0.05) is 18.0 Å². The zero-order valence-electron chi connectivity index (χ0n) is 19.1. The Kier molecular flexibility index (Phi) is 5.91. The SMILES string of the molecule is CC(Nc1ncnc(N)c1C(=N)c1cncnc1)c1oc2ccccc2c(=O)c1-c1cccc(F)c1.